The normalized spacial score (nSPS) is 15.5. The monoisotopic (exact) mass is 301 g/mol. The van der Waals surface area contributed by atoms with Crippen LogP contribution < -0.4 is 5.01 Å². The molecule has 0 bridgehead atoms. The van der Waals surface area contributed by atoms with Crippen molar-refractivity contribution in [2.75, 3.05) is 5.01 Å². The molecule has 1 aliphatic rings. The van der Waals surface area contributed by atoms with Gasteiger partial charge < -0.3 is 0 Å². The SMILES string of the molecule is CC(C)C1=NN(c2nnc(-c3ccccn3)s2)C(=O)CC1. The van der Waals surface area contributed by atoms with E-state index < -0.39 is 0 Å². The zero-order valence-electron chi connectivity index (χ0n) is 11.9. The number of aromatic nitrogens is 3. The maximum Gasteiger partial charge on any atom is 0.249 e. The highest BCUT2D eigenvalue weighted by atomic mass is 32.1. The van der Waals surface area contributed by atoms with Crippen molar-refractivity contribution in [3.63, 3.8) is 0 Å². The number of hydrogen-bond donors (Lipinski definition) is 0. The molecule has 6 nitrogen and oxygen atoms in total. The second kappa shape index (κ2) is 5.69. The Balaban J connectivity index is 1.92. The van der Waals surface area contributed by atoms with E-state index in [1.807, 2.05) is 18.2 Å². The third kappa shape index (κ3) is 2.82. The van der Waals surface area contributed by atoms with Gasteiger partial charge in [-0.05, 0) is 24.5 Å². The Bertz CT molecular complexity index is 680. The molecular formula is C14H15N5OS. The standard InChI is InChI=1S/C14H15N5OS/c1-9(2)10-6-7-12(20)19(18-10)14-17-16-13(21-14)11-5-3-4-8-15-11/h3-5,8-9H,6-7H2,1-2H3. The van der Waals surface area contributed by atoms with Crippen molar-refractivity contribution < 1.29 is 4.79 Å². The maximum atomic E-state index is 12.1. The highest BCUT2D eigenvalue weighted by Crippen LogP contribution is 2.29. The van der Waals surface area contributed by atoms with Crippen LogP contribution in [-0.2, 0) is 4.79 Å². The van der Waals surface area contributed by atoms with Gasteiger partial charge in [0.15, 0.2) is 5.01 Å². The maximum absolute atomic E-state index is 12.1. The summed E-state index contributed by atoms with van der Waals surface area (Å²) in [5.41, 5.74) is 1.77. The molecule has 3 heterocycles. The fourth-order valence-corrected chi connectivity index (χ4v) is 2.81. The largest absolute Gasteiger partial charge is 0.272 e. The molecule has 0 atom stereocenters. The van der Waals surface area contributed by atoms with Crippen molar-refractivity contribution in [3.8, 4) is 10.7 Å². The quantitative estimate of drug-likeness (QED) is 0.874. The van der Waals surface area contributed by atoms with Gasteiger partial charge in [0.1, 0.15) is 5.69 Å². The average Bonchev–Trinajstić information content (AvgIpc) is 2.98. The predicted molar refractivity (Wildman–Crippen MR) is 82.1 cm³/mol. The number of anilines is 1. The van der Waals surface area contributed by atoms with Gasteiger partial charge in [-0.3, -0.25) is 9.78 Å². The third-order valence-corrected chi connectivity index (χ3v) is 4.13. The lowest BCUT2D eigenvalue weighted by molar-refractivity contribution is -0.118. The van der Waals surface area contributed by atoms with Gasteiger partial charge in [0.2, 0.25) is 11.0 Å². The number of nitrogens with zero attached hydrogens (tertiary/aromatic N) is 5. The zero-order chi connectivity index (χ0) is 14.8. The number of hydrogen-bond acceptors (Lipinski definition) is 6. The summed E-state index contributed by atoms with van der Waals surface area (Å²) in [4.78, 5) is 16.3. The summed E-state index contributed by atoms with van der Waals surface area (Å²) in [5, 5.41) is 15.2. The van der Waals surface area contributed by atoms with E-state index in [1.54, 1.807) is 6.20 Å². The molecule has 7 heteroatoms. The van der Waals surface area contributed by atoms with Gasteiger partial charge in [-0.2, -0.15) is 10.1 Å². The van der Waals surface area contributed by atoms with Crippen LogP contribution in [0.4, 0.5) is 5.13 Å². The molecule has 0 N–H and O–H groups in total. The van der Waals surface area contributed by atoms with E-state index in [2.05, 4.69) is 34.1 Å². The number of rotatable bonds is 3. The molecule has 21 heavy (non-hydrogen) atoms. The first-order valence-electron chi connectivity index (χ1n) is 6.80. The number of hydrazone groups is 1. The molecule has 0 fully saturated rings. The summed E-state index contributed by atoms with van der Waals surface area (Å²) < 4.78 is 0. The molecule has 0 aromatic carbocycles. The first-order valence-corrected chi connectivity index (χ1v) is 7.62. The average molecular weight is 301 g/mol. The van der Waals surface area contributed by atoms with Crippen LogP contribution in [0.3, 0.4) is 0 Å². The highest BCUT2D eigenvalue weighted by molar-refractivity contribution is 7.18. The molecule has 2 aromatic heterocycles. The number of amides is 1. The minimum absolute atomic E-state index is 0.0388. The summed E-state index contributed by atoms with van der Waals surface area (Å²) in [6, 6.07) is 5.61. The summed E-state index contributed by atoms with van der Waals surface area (Å²) >= 11 is 1.32. The van der Waals surface area contributed by atoms with Crippen LogP contribution in [0.5, 0.6) is 0 Å². The van der Waals surface area contributed by atoms with Gasteiger partial charge in [0.25, 0.3) is 0 Å². The first kappa shape index (κ1) is 13.8. The Morgan fingerprint density at radius 2 is 2.10 bits per heavy atom. The van der Waals surface area contributed by atoms with Crippen LogP contribution in [0, 0.1) is 5.92 Å². The van der Waals surface area contributed by atoms with Crippen molar-refractivity contribution >= 4 is 28.1 Å². The molecule has 0 spiro atoms. The van der Waals surface area contributed by atoms with Crippen LogP contribution in [0.25, 0.3) is 10.7 Å². The van der Waals surface area contributed by atoms with Crippen LogP contribution in [0.1, 0.15) is 26.7 Å². The van der Waals surface area contributed by atoms with Crippen LogP contribution in [-0.4, -0.2) is 26.8 Å². The van der Waals surface area contributed by atoms with Gasteiger partial charge in [-0.15, -0.1) is 10.2 Å². The van der Waals surface area contributed by atoms with Crippen LogP contribution >= 0.6 is 11.3 Å². The molecule has 108 valence electrons. The first-order chi connectivity index (χ1) is 10.1. The molecule has 0 saturated heterocycles. The number of carbonyl (C=O) groups excluding carboxylic acids is 1. The molecule has 3 rings (SSSR count). The van der Waals surface area contributed by atoms with E-state index in [1.165, 1.54) is 16.3 Å². The Hall–Kier alpha value is -2.15. The van der Waals surface area contributed by atoms with Crippen molar-refractivity contribution in [3.05, 3.63) is 24.4 Å². The van der Waals surface area contributed by atoms with E-state index in [4.69, 9.17) is 0 Å². The van der Waals surface area contributed by atoms with Crippen LogP contribution in [0.15, 0.2) is 29.5 Å². The lowest BCUT2D eigenvalue weighted by atomic mass is 10.0. The van der Waals surface area contributed by atoms with Crippen molar-refractivity contribution in [2.45, 2.75) is 26.7 Å². The Labute approximate surface area is 126 Å². The highest BCUT2D eigenvalue weighted by Gasteiger charge is 2.26. The molecule has 0 aliphatic carbocycles. The van der Waals surface area contributed by atoms with Gasteiger partial charge in [0.05, 0.1) is 0 Å². The van der Waals surface area contributed by atoms with Crippen LogP contribution in [0.2, 0.25) is 0 Å². The Morgan fingerprint density at radius 3 is 2.81 bits per heavy atom. The Morgan fingerprint density at radius 1 is 1.24 bits per heavy atom. The van der Waals surface area contributed by atoms with Gasteiger partial charge >= 0.3 is 0 Å². The van der Waals surface area contributed by atoms with Gasteiger partial charge in [-0.25, -0.2) is 0 Å². The predicted octanol–water partition coefficient (Wildman–Crippen LogP) is 2.74. The second-order valence-electron chi connectivity index (χ2n) is 5.06. The molecule has 0 saturated carbocycles. The Kier molecular flexibility index (Phi) is 3.74. The van der Waals surface area contributed by atoms with E-state index in [-0.39, 0.29) is 5.91 Å². The number of pyridine rings is 1. The van der Waals surface area contributed by atoms with E-state index in [9.17, 15) is 4.79 Å². The molecule has 1 amide bonds. The zero-order valence-corrected chi connectivity index (χ0v) is 12.7. The number of carbonyl (C=O) groups is 1. The van der Waals surface area contributed by atoms with Crippen molar-refractivity contribution in [1.82, 2.24) is 15.2 Å². The smallest absolute Gasteiger partial charge is 0.249 e. The second-order valence-corrected chi connectivity index (χ2v) is 6.01. The van der Waals surface area contributed by atoms with E-state index >= 15 is 0 Å². The summed E-state index contributed by atoms with van der Waals surface area (Å²) in [6.45, 7) is 4.15. The van der Waals surface area contributed by atoms with Crippen molar-refractivity contribution in [1.29, 1.82) is 0 Å². The van der Waals surface area contributed by atoms with Crippen molar-refractivity contribution in [2.24, 2.45) is 11.0 Å². The topological polar surface area (TPSA) is 71.3 Å². The minimum atomic E-state index is -0.0388. The lowest BCUT2D eigenvalue weighted by Crippen LogP contribution is -2.33. The summed E-state index contributed by atoms with van der Waals surface area (Å²) in [7, 11) is 0. The van der Waals surface area contributed by atoms with E-state index in [0.717, 1.165) is 17.8 Å². The lowest BCUT2D eigenvalue weighted by Gasteiger charge is -2.22. The van der Waals surface area contributed by atoms with E-state index in [0.29, 0.717) is 22.5 Å². The molecule has 1 aliphatic heterocycles. The molecular weight excluding hydrogens is 286 g/mol. The third-order valence-electron chi connectivity index (χ3n) is 3.21. The fourth-order valence-electron chi connectivity index (χ4n) is 2.02. The summed E-state index contributed by atoms with van der Waals surface area (Å²) in [6.07, 6.45) is 2.89. The molecule has 2 aromatic rings. The van der Waals surface area contributed by atoms with Gasteiger partial charge in [-0.1, -0.05) is 31.3 Å². The van der Waals surface area contributed by atoms with Gasteiger partial charge in [0, 0.05) is 18.3 Å². The molecule has 0 unspecified atom stereocenters. The fraction of sp³-hybridized carbons (Fsp3) is 0.357. The minimum Gasteiger partial charge on any atom is -0.272 e. The summed E-state index contributed by atoms with van der Waals surface area (Å²) in [5.74, 6) is 0.284. The molecule has 0 radical (unpaired) electrons.